The maximum absolute atomic E-state index is 14.0. The monoisotopic (exact) mass is 447 g/mol. The molecule has 32 heavy (non-hydrogen) atoms. The lowest BCUT2D eigenvalue weighted by Gasteiger charge is -2.49. The minimum absolute atomic E-state index is 0.116. The molecule has 1 atom stereocenters. The van der Waals surface area contributed by atoms with Crippen molar-refractivity contribution >= 4 is 5.91 Å². The SMILES string of the molecule is COc1ccc(C(=O)N2CCC3(CC2)CC(N2CCN(CC(C)C)CC2)CCO3)cc1F. The minimum atomic E-state index is -0.501. The summed E-state index contributed by atoms with van der Waals surface area (Å²) in [5.41, 5.74) is 0.251. The second kappa shape index (κ2) is 10.1. The molecule has 4 rings (SSSR count). The van der Waals surface area contributed by atoms with Crippen LogP contribution in [0.5, 0.6) is 5.75 Å². The van der Waals surface area contributed by atoms with Crippen LogP contribution in [-0.2, 0) is 4.74 Å². The Morgan fingerprint density at radius 1 is 1.19 bits per heavy atom. The zero-order valence-electron chi connectivity index (χ0n) is 19.8. The van der Waals surface area contributed by atoms with Crippen LogP contribution in [0.15, 0.2) is 18.2 Å². The number of methoxy groups -OCH3 is 1. The molecule has 1 unspecified atom stereocenters. The zero-order chi connectivity index (χ0) is 22.7. The third kappa shape index (κ3) is 5.26. The smallest absolute Gasteiger partial charge is 0.253 e. The summed E-state index contributed by atoms with van der Waals surface area (Å²) < 4.78 is 25.3. The maximum Gasteiger partial charge on any atom is 0.253 e. The largest absolute Gasteiger partial charge is 0.494 e. The van der Waals surface area contributed by atoms with Crippen LogP contribution in [0.25, 0.3) is 0 Å². The fraction of sp³-hybridized carbons (Fsp3) is 0.720. The number of piperidine rings is 1. The van der Waals surface area contributed by atoms with E-state index in [1.54, 1.807) is 6.07 Å². The quantitative estimate of drug-likeness (QED) is 0.693. The number of piperazine rings is 1. The standard InChI is InChI=1S/C25H38FN3O3/c1-19(2)18-27-11-13-28(14-12-27)21-6-15-32-25(17-21)7-9-29(10-8-25)24(30)20-4-5-23(31-3)22(26)16-20/h4-5,16,19,21H,6-15,17-18H2,1-3H3. The number of hydrogen-bond acceptors (Lipinski definition) is 5. The molecular weight excluding hydrogens is 409 g/mol. The van der Waals surface area contributed by atoms with Crippen molar-refractivity contribution in [2.75, 3.05) is 59.5 Å². The lowest BCUT2D eigenvalue weighted by molar-refractivity contribution is -0.132. The van der Waals surface area contributed by atoms with Gasteiger partial charge in [0.1, 0.15) is 0 Å². The Morgan fingerprint density at radius 2 is 1.91 bits per heavy atom. The van der Waals surface area contributed by atoms with E-state index in [0.29, 0.717) is 24.7 Å². The van der Waals surface area contributed by atoms with Crippen molar-refractivity contribution in [2.45, 2.75) is 51.2 Å². The van der Waals surface area contributed by atoms with Gasteiger partial charge in [0.25, 0.3) is 5.91 Å². The Balaban J connectivity index is 1.31. The molecule has 0 bridgehead atoms. The Kier molecular flexibility index (Phi) is 7.37. The number of rotatable bonds is 5. The number of ether oxygens (including phenoxy) is 2. The van der Waals surface area contributed by atoms with Crippen LogP contribution in [-0.4, -0.2) is 91.8 Å². The molecular formula is C25H38FN3O3. The van der Waals surface area contributed by atoms with Gasteiger partial charge in [-0.05, 0) is 49.8 Å². The molecule has 1 aromatic rings. The van der Waals surface area contributed by atoms with Gasteiger partial charge in [0.2, 0.25) is 0 Å². The number of halogens is 1. The first-order valence-corrected chi connectivity index (χ1v) is 12.1. The molecule has 3 fully saturated rings. The van der Waals surface area contributed by atoms with E-state index in [2.05, 4.69) is 23.6 Å². The van der Waals surface area contributed by atoms with E-state index in [1.807, 2.05) is 4.90 Å². The number of likely N-dealkylation sites (tertiary alicyclic amines) is 1. The summed E-state index contributed by atoms with van der Waals surface area (Å²) in [7, 11) is 1.42. The summed E-state index contributed by atoms with van der Waals surface area (Å²) in [6.45, 7) is 12.5. The highest BCUT2D eigenvalue weighted by Crippen LogP contribution is 2.37. The summed E-state index contributed by atoms with van der Waals surface area (Å²) in [4.78, 5) is 20.0. The van der Waals surface area contributed by atoms with Crippen LogP contribution in [0, 0.1) is 11.7 Å². The molecule has 3 aliphatic heterocycles. The Morgan fingerprint density at radius 3 is 2.53 bits per heavy atom. The van der Waals surface area contributed by atoms with Crippen molar-refractivity contribution in [1.82, 2.24) is 14.7 Å². The maximum atomic E-state index is 14.0. The summed E-state index contributed by atoms with van der Waals surface area (Å²) in [5.74, 6) is 0.259. The molecule has 0 saturated carbocycles. The van der Waals surface area contributed by atoms with Gasteiger partial charge in [-0.3, -0.25) is 9.69 Å². The van der Waals surface area contributed by atoms with Crippen LogP contribution in [0.1, 0.15) is 49.9 Å². The molecule has 178 valence electrons. The number of amides is 1. The average Bonchev–Trinajstić information content (AvgIpc) is 2.79. The van der Waals surface area contributed by atoms with Gasteiger partial charge in [-0.2, -0.15) is 0 Å². The second-order valence-corrected chi connectivity index (χ2v) is 10.1. The highest BCUT2D eigenvalue weighted by atomic mass is 19.1. The first-order chi connectivity index (χ1) is 15.4. The Bertz CT molecular complexity index is 787. The van der Waals surface area contributed by atoms with Gasteiger partial charge in [0.05, 0.1) is 12.7 Å². The van der Waals surface area contributed by atoms with E-state index in [0.717, 1.165) is 64.4 Å². The molecule has 1 spiro atoms. The summed E-state index contributed by atoms with van der Waals surface area (Å²) in [6.07, 6.45) is 3.85. The second-order valence-electron chi connectivity index (χ2n) is 10.1. The van der Waals surface area contributed by atoms with Crippen molar-refractivity contribution in [2.24, 2.45) is 5.92 Å². The summed E-state index contributed by atoms with van der Waals surface area (Å²) >= 11 is 0. The van der Waals surface area contributed by atoms with Crippen LogP contribution < -0.4 is 4.74 Å². The van der Waals surface area contributed by atoms with E-state index in [4.69, 9.17) is 9.47 Å². The highest BCUT2D eigenvalue weighted by molar-refractivity contribution is 5.94. The summed E-state index contributed by atoms with van der Waals surface area (Å²) in [6, 6.07) is 5.00. The zero-order valence-corrected chi connectivity index (χ0v) is 19.8. The lowest BCUT2D eigenvalue weighted by Crippen LogP contribution is -2.57. The van der Waals surface area contributed by atoms with Crippen molar-refractivity contribution in [3.63, 3.8) is 0 Å². The molecule has 3 saturated heterocycles. The van der Waals surface area contributed by atoms with Gasteiger partial charge in [0.15, 0.2) is 11.6 Å². The third-order valence-electron chi connectivity index (χ3n) is 7.37. The normalized spacial score (nSPS) is 24.8. The van der Waals surface area contributed by atoms with Crippen molar-refractivity contribution in [3.8, 4) is 5.75 Å². The predicted octanol–water partition coefficient (Wildman–Crippen LogP) is 3.26. The van der Waals surface area contributed by atoms with Crippen LogP contribution in [0.2, 0.25) is 0 Å². The molecule has 0 aliphatic carbocycles. The molecule has 0 N–H and O–H groups in total. The van der Waals surface area contributed by atoms with Gasteiger partial charge in [0, 0.05) is 64.0 Å². The van der Waals surface area contributed by atoms with Crippen LogP contribution in [0.3, 0.4) is 0 Å². The first kappa shape index (κ1) is 23.5. The molecule has 0 aromatic heterocycles. The number of hydrogen-bond donors (Lipinski definition) is 0. The van der Waals surface area contributed by atoms with E-state index in [-0.39, 0.29) is 17.3 Å². The molecule has 0 radical (unpaired) electrons. The Hall–Kier alpha value is -1.70. The summed E-state index contributed by atoms with van der Waals surface area (Å²) in [5, 5.41) is 0. The molecule has 7 heteroatoms. The van der Waals surface area contributed by atoms with E-state index >= 15 is 0 Å². The van der Waals surface area contributed by atoms with Gasteiger partial charge in [-0.15, -0.1) is 0 Å². The van der Waals surface area contributed by atoms with E-state index in [9.17, 15) is 9.18 Å². The molecule has 3 heterocycles. The Labute approximate surface area is 191 Å². The van der Waals surface area contributed by atoms with E-state index < -0.39 is 5.82 Å². The lowest BCUT2D eigenvalue weighted by atomic mass is 9.81. The highest BCUT2D eigenvalue weighted by Gasteiger charge is 2.43. The number of nitrogens with zero attached hydrogens (tertiary/aromatic N) is 3. The van der Waals surface area contributed by atoms with Gasteiger partial charge < -0.3 is 19.3 Å². The predicted molar refractivity (Wildman–Crippen MR) is 123 cm³/mol. The van der Waals surface area contributed by atoms with Crippen molar-refractivity contribution < 1.29 is 18.7 Å². The van der Waals surface area contributed by atoms with Crippen molar-refractivity contribution in [1.29, 1.82) is 0 Å². The fourth-order valence-corrected chi connectivity index (χ4v) is 5.59. The first-order valence-electron chi connectivity index (χ1n) is 12.1. The van der Waals surface area contributed by atoms with Crippen LogP contribution >= 0.6 is 0 Å². The molecule has 1 aromatic carbocycles. The average molecular weight is 448 g/mol. The molecule has 6 nitrogen and oxygen atoms in total. The van der Waals surface area contributed by atoms with Crippen LogP contribution in [0.4, 0.5) is 4.39 Å². The van der Waals surface area contributed by atoms with Gasteiger partial charge in [-0.25, -0.2) is 4.39 Å². The molecule has 3 aliphatic rings. The number of carbonyl (C=O) groups excluding carboxylic acids is 1. The third-order valence-corrected chi connectivity index (χ3v) is 7.37. The number of benzene rings is 1. The minimum Gasteiger partial charge on any atom is -0.494 e. The van der Waals surface area contributed by atoms with Gasteiger partial charge in [-0.1, -0.05) is 13.8 Å². The topological polar surface area (TPSA) is 45.2 Å². The fourth-order valence-electron chi connectivity index (χ4n) is 5.59. The van der Waals surface area contributed by atoms with Gasteiger partial charge >= 0.3 is 0 Å². The molecule has 1 amide bonds. The number of carbonyl (C=O) groups is 1. The van der Waals surface area contributed by atoms with E-state index in [1.165, 1.54) is 25.8 Å². The van der Waals surface area contributed by atoms with Crippen molar-refractivity contribution in [3.05, 3.63) is 29.6 Å².